The molecule has 0 spiro atoms. The zero-order valence-electron chi connectivity index (χ0n) is 30.5. The number of methoxy groups -OCH3 is 1. The van der Waals surface area contributed by atoms with Gasteiger partial charge in [-0.25, -0.2) is 10.2 Å². The van der Waals surface area contributed by atoms with Gasteiger partial charge in [0.05, 0.1) is 18.0 Å². The third kappa shape index (κ3) is 12.8. The Morgan fingerprint density at radius 2 is 1.71 bits per heavy atom. The molecule has 2 heterocycles. The molecule has 13 heteroatoms. The Morgan fingerprint density at radius 3 is 2.29 bits per heavy atom. The number of hydrazine groups is 1. The minimum absolute atomic E-state index is 0.220. The molecule has 270 valence electrons. The Bertz CT molecular complexity index is 1510. The lowest BCUT2D eigenvalue weighted by Crippen LogP contribution is -2.61. The summed E-state index contributed by atoms with van der Waals surface area (Å²) in [7, 11) is 1.41. The second-order valence-electron chi connectivity index (χ2n) is 14.0. The number of primary amides is 1. The van der Waals surface area contributed by atoms with Crippen molar-refractivity contribution in [3.63, 3.8) is 0 Å². The van der Waals surface area contributed by atoms with Crippen LogP contribution in [0, 0.1) is 11.3 Å². The van der Waals surface area contributed by atoms with Crippen molar-refractivity contribution in [1.82, 2.24) is 26.1 Å². The molecule has 1 aromatic heterocycles. The number of nitrogens with two attached hydrogens (primary N) is 1. The van der Waals surface area contributed by atoms with E-state index in [2.05, 4.69) is 40.1 Å². The molecule has 3 rings (SSSR count). The molecule has 1 aliphatic heterocycles. The summed E-state index contributed by atoms with van der Waals surface area (Å²) < 4.78 is 9.99. The third-order valence-corrected chi connectivity index (χ3v) is 7.69. The normalized spacial score (nSPS) is 16.3. The first-order valence-electron chi connectivity index (χ1n) is 16.6. The fourth-order valence-electron chi connectivity index (χ4n) is 4.83. The van der Waals surface area contributed by atoms with Crippen LogP contribution < -0.4 is 21.8 Å². The molecule has 13 nitrogen and oxygen atoms in total. The van der Waals surface area contributed by atoms with Crippen LogP contribution in [-0.2, 0) is 35.1 Å². The summed E-state index contributed by atoms with van der Waals surface area (Å²) in [6, 6.07) is 7.93. The molecule has 1 saturated heterocycles. The molecule has 3 atom stereocenters. The van der Waals surface area contributed by atoms with Gasteiger partial charge in [-0.3, -0.25) is 29.2 Å². The molecule has 2 aromatic rings. The number of fused-ring (bicyclic) bond motifs is 1. The Morgan fingerprint density at radius 1 is 1.06 bits per heavy atom. The van der Waals surface area contributed by atoms with Gasteiger partial charge in [0.2, 0.25) is 11.8 Å². The summed E-state index contributed by atoms with van der Waals surface area (Å²) in [5.41, 5.74) is 9.83. The van der Waals surface area contributed by atoms with Crippen LogP contribution in [0.3, 0.4) is 0 Å². The number of nitrogens with zero attached hydrogens (tertiary/aromatic N) is 2. The number of aromatic nitrogens is 1. The van der Waals surface area contributed by atoms with Crippen LogP contribution in [0.1, 0.15) is 86.4 Å². The van der Waals surface area contributed by atoms with E-state index in [1.165, 1.54) is 12.1 Å². The molecule has 3 unspecified atom stereocenters. The Balaban J connectivity index is 0.000000353. The highest BCUT2D eigenvalue weighted by molar-refractivity contribution is 5.91. The van der Waals surface area contributed by atoms with E-state index < -0.39 is 47.0 Å². The van der Waals surface area contributed by atoms with Crippen molar-refractivity contribution in [3.8, 4) is 0 Å². The number of hydrogen-bond donors (Lipinski definition) is 4. The van der Waals surface area contributed by atoms with E-state index in [0.717, 1.165) is 28.6 Å². The van der Waals surface area contributed by atoms with Crippen LogP contribution >= 0.6 is 0 Å². The summed E-state index contributed by atoms with van der Waals surface area (Å²) in [4.78, 5) is 64.8. The number of esters is 1. The average molecular weight is 683 g/mol. The zero-order chi connectivity index (χ0) is 37.1. The van der Waals surface area contributed by atoms with Gasteiger partial charge < -0.3 is 25.8 Å². The average Bonchev–Trinajstić information content (AvgIpc) is 3.04. The number of benzene rings is 1. The minimum atomic E-state index is -0.863. The van der Waals surface area contributed by atoms with Crippen molar-refractivity contribution in [2.75, 3.05) is 13.7 Å². The number of pyridine rings is 1. The molecule has 49 heavy (non-hydrogen) atoms. The van der Waals surface area contributed by atoms with Crippen molar-refractivity contribution in [2.45, 2.75) is 105 Å². The maximum atomic E-state index is 12.6. The van der Waals surface area contributed by atoms with Gasteiger partial charge in [-0.2, -0.15) is 0 Å². The molecule has 0 radical (unpaired) electrons. The minimum Gasteiger partial charge on any atom is -0.468 e. The largest absolute Gasteiger partial charge is 0.468 e. The first-order valence-corrected chi connectivity index (χ1v) is 16.6. The molecular formula is C36H54N6O7. The van der Waals surface area contributed by atoms with Crippen molar-refractivity contribution in [2.24, 2.45) is 17.1 Å². The lowest BCUT2D eigenvalue weighted by molar-refractivity contribution is -0.148. The van der Waals surface area contributed by atoms with Crippen LogP contribution in [0.5, 0.6) is 0 Å². The number of hydrogen-bond acceptors (Lipinski definition) is 9. The van der Waals surface area contributed by atoms with Crippen LogP contribution in [0.15, 0.2) is 36.4 Å². The number of alkyl carbamates (subject to hydrolysis) is 1. The smallest absolute Gasteiger partial charge is 0.408 e. The number of aryl methyl sites for hydroxylation is 1. The van der Waals surface area contributed by atoms with Gasteiger partial charge >= 0.3 is 12.1 Å². The quantitative estimate of drug-likeness (QED) is 0.269. The van der Waals surface area contributed by atoms with E-state index in [1.807, 2.05) is 44.2 Å². The second kappa shape index (κ2) is 17.8. The summed E-state index contributed by atoms with van der Waals surface area (Å²) in [5, 5.41) is 7.58. The van der Waals surface area contributed by atoms with E-state index in [1.54, 1.807) is 41.5 Å². The van der Waals surface area contributed by atoms with Crippen LogP contribution in [-0.4, -0.2) is 77.2 Å². The van der Waals surface area contributed by atoms with Crippen LogP contribution in [0.2, 0.25) is 0 Å². The molecule has 0 aliphatic carbocycles. The Kier molecular flexibility index (Phi) is 14.7. The predicted octanol–water partition coefficient (Wildman–Crippen LogP) is 4.03. The molecule has 1 fully saturated rings. The lowest BCUT2D eigenvalue weighted by atomic mass is 9.92. The number of nitrogens with one attached hydrogen (secondary N) is 3. The summed E-state index contributed by atoms with van der Waals surface area (Å²) in [5.74, 6) is -1.88. The highest BCUT2D eigenvalue weighted by atomic mass is 16.6. The molecular weight excluding hydrogens is 628 g/mol. The molecule has 5 N–H and O–H groups in total. The highest BCUT2D eigenvalue weighted by Crippen LogP contribution is 2.22. The van der Waals surface area contributed by atoms with Gasteiger partial charge in [0.1, 0.15) is 23.7 Å². The fourth-order valence-corrected chi connectivity index (χ4v) is 4.83. The van der Waals surface area contributed by atoms with Crippen LogP contribution in [0.4, 0.5) is 4.79 Å². The topological polar surface area (TPSA) is 182 Å². The molecule has 0 bridgehead atoms. The van der Waals surface area contributed by atoms with E-state index >= 15 is 0 Å². The zero-order valence-corrected chi connectivity index (χ0v) is 30.5. The number of ether oxygens (including phenoxy) is 2. The van der Waals surface area contributed by atoms with Gasteiger partial charge in [0.25, 0.3) is 5.91 Å². The van der Waals surface area contributed by atoms with Crippen LogP contribution in [0.25, 0.3) is 17.0 Å². The van der Waals surface area contributed by atoms with E-state index in [9.17, 15) is 24.0 Å². The lowest BCUT2D eigenvalue weighted by Gasteiger charge is -2.34. The predicted molar refractivity (Wildman–Crippen MR) is 189 cm³/mol. The van der Waals surface area contributed by atoms with Gasteiger partial charge in [-0.1, -0.05) is 51.1 Å². The highest BCUT2D eigenvalue weighted by Gasteiger charge is 2.32. The number of rotatable bonds is 10. The molecule has 4 amide bonds. The molecule has 1 aromatic carbocycles. The van der Waals surface area contributed by atoms with Gasteiger partial charge in [0.15, 0.2) is 0 Å². The summed E-state index contributed by atoms with van der Waals surface area (Å²) in [6.45, 7) is 16.4. The first-order chi connectivity index (χ1) is 22.8. The van der Waals surface area contributed by atoms with E-state index in [0.29, 0.717) is 19.4 Å². The first kappa shape index (κ1) is 40.7. The van der Waals surface area contributed by atoms with E-state index in [-0.39, 0.29) is 17.8 Å². The maximum Gasteiger partial charge on any atom is 0.408 e. The fraction of sp³-hybridized carbons (Fsp3) is 0.556. The third-order valence-electron chi connectivity index (χ3n) is 7.69. The molecule has 0 saturated carbocycles. The SMILES string of the molecule is CC(NC(=O)C(NC(=O)OC(C)(C)C)C(C)C)C(=O)N1CCCC(C(N)=O)N1.CCc1ccc2ccc(/C=C/C(C)(C)C(=O)OC)cc2n1. The maximum absolute atomic E-state index is 12.6. The number of carbonyl (C=O) groups is 5. The summed E-state index contributed by atoms with van der Waals surface area (Å²) >= 11 is 0. The second-order valence-corrected chi connectivity index (χ2v) is 14.0. The number of carbonyl (C=O) groups excluding carboxylic acids is 5. The van der Waals surface area contributed by atoms with Crippen molar-refractivity contribution in [1.29, 1.82) is 0 Å². The Hall–Kier alpha value is -4.52. The van der Waals surface area contributed by atoms with Gasteiger partial charge in [-0.05, 0) is 84.4 Å². The number of amides is 4. The van der Waals surface area contributed by atoms with Gasteiger partial charge in [-0.15, -0.1) is 0 Å². The Labute approximate surface area is 289 Å². The molecule has 1 aliphatic rings. The monoisotopic (exact) mass is 682 g/mol. The standard InChI is InChI=1S/C18H33N5O5.C18H21NO2/c1-10(2)13(21-17(27)28-18(4,5)6)15(25)20-11(3)16(26)23-9-7-8-12(22-23)14(19)24;1-5-15-9-8-14-7-6-13(12-16(14)19-15)10-11-18(2,3)17(20)21-4/h10-13,22H,7-9H2,1-6H3,(H2,19,24)(H,20,25)(H,21,27);6-12H,5H2,1-4H3/b;11-10+. The summed E-state index contributed by atoms with van der Waals surface area (Å²) in [6.07, 6.45) is 5.20. The van der Waals surface area contributed by atoms with E-state index in [4.69, 9.17) is 15.2 Å². The van der Waals surface area contributed by atoms with Crippen molar-refractivity contribution < 1.29 is 33.4 Å². The van der Waals surface area contributed by atoms with Gasteiger partial charge in [0, 0.05) is 17.6 Å². The van der Waals surface area contributed by atoms with Crippen molar-refractivity contribution in [3.05, 3.63) is 47.7 Å². The van der Waals surface area contributed by atoms with Crippen molar-refractivity contribution >= 4 is 46.8 Å².